The highest BCUT2D eigenvalue weighted by Gasteiger charge is 2.72. The van der Waals surface area contributed by atoms with Gasteiger partial charge in [0.05, 0.1) is 12.7 Å². The van der Waals surface area contributed by atoms with E-state index in [0.29, 0.717) is 6.42 Å². The molecule has 1 N–H and O–H groups in total. The van der Waals surface area contributed by atoms with Crippen molar-refractivity contribution in [3.63, 3.8) is 0 Å². The zero-order valence-corrected chi connectivity index (χ0v) is 13.9. The molecule has 0 aromatic rings. The summed E-state index contributed by atoms with van der Waals surface area (Å²) in [5, 5.41) is 1.67. The fourth-order valence-corrected chi connectivity index (χ4v) is 5.35. The van der Waals surface area contributed by atoms with Gasteiger partial charge in [0.2, 0.25) is 5.91 Å². The van der Waals surface area contributed by atoms with E-state index in [1.54, 1.807) is 6.92 Å². The maximum Gasteiger partial charge on any atom is 0.325 e. The molecular weight excluding hydrogens is 342 g/mol. The van der Waals surface area contributed by atoms with Gasteiger partial charge in [-0.3, -0.25) is 13.8 Å². The molecule has 0 spiro atoms. The summed E-state index contributed by atoms with van der Waals surface area (Å²) in [4.78, 5) is 22.3. The molecule has 1 amide bonds. The van der Waals surface area contributed by atoms with E-state index in [0.717, 1.165) is 6.08 Å². The maximum atomic E-state index is 11.9. The van der Waals surface area contributed by atoms with Crippen molar-refractivity contribution in [3.05, 3.63) is 12.7 Å². The number of carbonyl (C=O) groups excluding carboxylic acids is 2. The predicted molar refractivity (Wildman–Crippen MR) is 79.4 cm³/mol. The largest absolute Gasteiger partial charge is 0.462 e. The number of hydrogen-bond acceptors (Lipinski definition) is 8. The van der Waals surface area contributed by atoms with E-state index in [1.807, 2.05) is 0 Å². The SMILES string of the molecule is C=CC(=O)NCC(=O)OCCOC1C2CC3C(O2)C1(C)OS3(=O)=O. The highest BCUT2D eigenvalue weighted by Crippen LogP contribution is 2.54. The molecular formula is C14H19NO8S. The molecule has 0 aromatic heterocycles. The lowest BCUT2D eigenvalue weighted by Gasteiger charge is -2.30. The lowest BCUT2D eigenvalue weighted by Crippen LogP contribution is -2.50. The topological polar surface area (TPSA) is 117 Å². The van der Waals surface area contributed by atoms with Crippen molar-refractivity contribution in [2.45, 2.75) is 42.5 Å². The quantitative estimate of drug-likeness (QED) is 0.262. The Kier molecular flexibility index (Phi) is 4.41. The van der Waals surface area contributed by atoms with Gasteiger partial charge >= 0.3 is 5.97 Å². The number of nitrogens with one attached hydrogen (secondary N) is 1. The molecule has 0 aliphatic carbocycles. The summed E-state index contributed by atoms with van der Waals surface area (Å²) in [5.41, 5.74) is -1.03. The lowest BCUT2D eigenvalue weighted by molar-refractivity contribution is -0.147. The number of fused-ring (bicyclic) bond motifs is 1. The second kappa shape index (κ2) is 6.10. The molecule has 5 atom stereocenters. The molecule has 0 aromatic carbocycles. The Hall–Kier alpha value is -1.49. The Morgan fingerprint density at radius 1 is 1.42 bits per heavy atom. The minimum atomic E-state index is -3.62. The van der Waals surface area contributed by atoms with Gasteiger partial charge in [0.1, 0.15) is 36.2 Å². The van der Waals surface area contributed by atoms with Gasteiger partial charge in [-0.2, -0.15) is 8.42 Å². The summed E-state index contributed by atoms with van der Waals surface area (Å²) in [6.07, 6.45) is 0.00433. The molecule has 3 heterocycles. The Morgan fingerprint density at radius 3 is 2.88 bits per heavy atom. The third-order valence-electron chi connectivity index (χ3n) is 4.49. The first kappa shape index (κ1) is 17.3. The van der Waals surface area contributed by atoms with Gasteiger partial charge in [0.25, 0.3) is 10.1 Å². The average Bonchev–Trinajstić information content (AvgIpc) is 3.10. The molecule has 3 saturated heterocycles. The minimum Gasteiger partial charge on any atom is -0.462 e. The normalized spacial score (nSPS) is 38.0. The number of amides is 1. The number of carbonyl (C=O) groups is 2. The molecule has 24 heavy (non-hydrogen) atoms. The van der Waals surface area contributed by atoms with Crippen molar-refractivity contribution in [2.75, 3.05) is 19.8 Å². The van der Waals surface area contributed by atoms with Crippen molar-refractivity contribution in [2.24, 2.45) is 0 Å². The predicted octanol–water partition coefficient (Wildman–Crippen LogP) is -1.12. The second-order valence-corrected chi connectivity index (χ2v) is 7.82. The van der Waals surface area contributed by atoms with Crippen LogP contribution in [0.25, 0.3) is 0 Å². The van der Waals surface area contributed by atoms with Crippen LogP contribution in [0.2, 0.25) is 0 Å². The van der Waals surface area contributed by atoms with E-state index in [-0.39, 0.29) is 25.9 Å². The smallest absolute Gasteiger partial charge is 0.325 e. The van der Waals surface area contributed by atoms with Crippen LogP contribution < -0.4 is 5.32 Å². The van der Waals surface area contributed by atoms with Crippen LogP contribution in [0.15, 0.2) is 12.7 Å². The molecule has 3 aliphatic rings. The van der Waals surface area contributed by atoms with E-state index in [2.05, 4.69) is 11.9 Å². The Balaban J connectivity index is 1.45. The zero-order valence-electron chi connectivity index (χ0n) is 13.1. The fraction of sp³-hybridized carbons (Fsp3) is 0.714. The second-order valence-electron chi connectivity index (χ2n) is 6.06. The minimum absolute atomic E-state index is 0.0249. The van der Waals surface area contributed by atoms with Crippen LogP contribution in [-0.2, 0) is 38.1 Å². The molecule has 2 bridgehead atoms. The molecule has 0 radical (unpaired) electrons. The summed E-state index contributed by atoms with van der Waals surface area (Å²) in [6, 6.07) is 0. The van der Waals surface area contributed by atoms with Gasteiger partial charge in [-0.1, -0.05) is 6.58 Å². The third-order valence-corrected chi connectivity index (χ3v) is 6.27. The first-order valence-corrected chi connectivity index (χ1v) is 9.02. The molecule has 3 fully saturated rings. The first-order chi connectivity index (χ1) is 11.3. The van der Waals surface area contributed by atoms with Gasteiger partial charge < -0.3 is 19.5 Å². The van der Waals surface area contributed by atoms with E-state index in [1.165, 1.54) is 0 Å². The van der Waals surface area contributed by atoms with E-state index in [9.17, 15) is 18.0 Å². The molecule has 5 unspecified atom stereocenters. The van der Waals surface area contributed by atoms with Gasteiger partial charge in [0.15, 0.2) is 0 Å². The van der Waals surface area contributed by atoms with Gasteiger partial charge in [-0.15, -0.1) is 0 Å². The van der Waals surface area contributed by atoms with Crippen LogP contribution in [0.1, 0.15) is 13.3 Å². The molecule has 9 nitrogen and oxygen atoms in total. The van der Waals surface area contributed by atoms with E-state index < -0.39 is 45.1 Å². The monoisotopic (exact) mass is 361 g/mol. The summed E-state index contributed by atoms with van der Waals surface area (Å²) in [6.45, 7) is 4.71. The van der Waals surface area contributed by atoms with Crippen LogP contribution in [0.5, 0.6) is 0 Å². The van der Waals surface area contributed by atoms with Crippen LogP contribution in [0.3, 0.4) is 0 Å². The van der Waals surface area contributed by atoms with Gasteiger partial charge in [-0.05, 0) is 19.4 Å². The highest BCUT2D eigenvalue weighted by atomic mass is 32.2. The van der Waals surface area contributed by atoms with Crippen molar-refractivity contribution in [3.8, 4) is 0 Å². The molecule has 10 heteroatoms. The van der Waals surface area contributed by atoms with Crippen LogP contribution in [-0.4, -0.2) is 69.2 Å². The van der Waals surface area contributed by atoms with E-state index >= 15 is 0 Å². The molecule has 0 saturated carbocycles. The van der Waals surface area contributed by atoms with Crippen molar-refractivity contribution in [1.82, 2.24) is 5.32 Å². The summed E-state index contributed by atoms with van der Waals surface area (Å²) in [5.74, 6) is -1.08. The number of rotatable bonds is 7. The average molecular weight is 361 g/mol. The number of ether oxygens (including phenoxy) is 3. The van der Waals surface area contributed by atoms with Crippen LogP contribution >= 0.6 is 0 Å². The van der Waals surface area contributed by atoms with Crippen LogP contribution in [0.4, 0.5) is 0 Å². The molecule has 134 valence electrons. The van der Waals surface area contributed by atoms with Crippen molar-refractivity contribution < 1.29 is 36.4 Å². The van der Waals surface area contributed by atoms with Crippen molar-refractivity contribution in [1.29, 1.82) is 0 Å². The first-order valence-electron chi connectivity index (χ1n) is 7.55. The number of hydrogen-bond donors (Lipinski definition) is 1. The molecule has 3 aliphatic heterocycles. The summed E-state index contributed by atoms with van der Waals surface area (Å²) < 4.78 is 45.4. The van der Waals surface area contributed by atoms with Crippen molar-refractivity contribution >= 4 is 22.0 Å². The highest BCUT2D eigenvalue weighted by molar-refractivity contribution is 7.87. The third kappa shape index (κ3) is 2.83. The zero-order chi connectivity index (χ0) is 17.5. The Bertz CT molecular complexity index is 662. The molecule has 3 rings (SSSR count). The lowest BCUT2D eigenvalue weighted by atomic mass is 9.83. The maximum absolute atomic E-state index is 11.9. The van der Waals surface area contributed by atoms with Crippen LogP contribution in [0, 0.1) is 0 Å². The Labute approximate surface area is 139 Å². The summed E-state index contributed by atoms with van der Waals surface area (Å²) in [7, 11) is -3.62. The van der Waals surface area contributed by atoms with Gasteiger partial charge in [0, 0.05) is 0 Å². The van der Waals surface area contributed by atoms with Gasteiger partial charge in [-0.25, -0.2) is 0 Å². The van der Waals surface area contributed by atoms with E-state index in [4.69, 9.17) is 18.4 Å². The standard InChI is InChI=1S/C14H19NO8S/c1-3-10(16)15-7-11(17)20-4-5-21-12-8-6-9-13(22-8)14(12,2)23-24(9,18)19/h3,8-9,12-13H,1,4-7H2,2H3,(H,15,16). The summed E-state index contributed by atoms with van der Waals surface area (Å²) >= 11 is 0. The Morgan fingerprint density at radius 2 is 2.17 bits per heavy atom. The fourth-order valence-electron chi connectivity index (χ4n) is 3.48. The number of esters is 1.